The largest absolute Gasteiger partial charge is 0.490 e. The Balaban J connectivity index is 1.76. The van der Waals surface area contributed by atoms with Crippen LogP contribution in [0.25, 0.3) is 11.1 Å². The molecule has 0 radical (unpaired) electrons. The van der Waals surface area contributed by atoms with Gasteiger partial charge in [0.05, 0.1) is 6.10 Å². The van der Waals surface area contributed by atoms with Crippen molar-refractivity contribution >= 4 is 13.2 Å². The Bertz CT molecular complexity index is 754. The third-order valence-electron chi connectivity index (χ3n) is 6.66. The Labute approximate surface area is 179 Å². The first-order chi connectivity index (χ1) is 14.2. The molecule has 2 aromatic rings. The van der Waals surface area contributed by atoms with E-state index in [0.717, 1.165) is 17.1 Å². The number of benzene rings is 2. The molecule has 0 bridgehead atoms. The van der Waals surface area contributed by atoms with Gasteiger partial charge in [0.15, 0.2) is 0 Å². The van der Waals surface area contributed by atoms with Crippen molar-refractivity contribution in [3.8, 4) is 16.9 Å². The lowest BCUT2D eigenvalue weighted by Crippen LogP contribution is -2.27. The van der Waals surface area contributed by atoms with E-state index in [9.17, 15) is 0 Å². The number of hydrogen-bond donors (Lipinski definition) is 0. The van der Waals surface area contributed by atoms with Crippen molar-refractivity contribution in [2.75, 3.05) is 0 Å². The predicted molar refractivity (Wildman–Crippen MR) is 128 cm³/mol. The minimum absolute atomic E-state index is 0.125. The Kier molecular flexibility index (Phi) is 7.30. The van der Waals surface area contributed by atoms with Gasteiger partial charge in [0.1, 0.15) is 5.75 Å². The van der Waals surface area contributed by atoms with E-state index in [1.165, 1.54) is 75.3 Å². The van der Waals surface area contributed by atoms with Crippen LogP contribution in [0.15, 0.2) is 48.5 Å². The second kappa shape index (κ2) is 10.1. The van der Waals surface area contributed by atoms with Crippen LogP contribution in [0.4, 0.5) is 0 Å². The number of rotatable bonds is 6. The van der Waals surface area contributed by atoms with Crippen LogP contribution in [0, 0.1) is 0 Å². The Morgan fingerprint density at radius 2 is 1.21 bits per heavy atom. The van der Waals surface area contributed by atoms with Gasteiger partial charge in [-0.25, -0.2) is 0 Å². The Morgan fingerprint density at radius 1 is 0.690 bits per heavy atom. The van der Waals surface area contributed by atoms with E-state index in [2.05, 4.69) is 62.4 Å². The molecular weight excluding hydrogens is 371 g/mol. The van der Waals surface area contributed by atoms with Gasteiger partial charge in [-0.15, -0.1) is 0 Å². The van der Waals surface area contributed by atoms with Crippen LogP contribution >= 0.6 is 7.92 Å². The summed E-state index contributed by atoms with van der Waals surface area (Å²) in [4.78, 5) is 0. The first-order valence-corrected chi connectivity index (χ1v) is 13.4. The van der Waals surface area contributed by atoms with Gasteiger partial charge in [0.2, 0.25) is 0 Å². The van der Waals surface area contributed by atoms with E-state index in [1.54, 1.807) is 5.30 Å². The standard InChI is InChI=1S/C27H37OP/c1-21(2)28-26-19-11-9-17-24(26)25-18-10-12-20-27(25)29(22-13-5-3-6-14-22)23-15-7-4-8-16-23/h9-12,17-23H,3-8,13-16H2,1-2H3. The van der Waals surface area contributed by atoms with Crippen molar-refractivity contribution in [2.24, 2.45) is 0 Å². The lowest BCUT2D eigenvalue weighted by atomic mass is 9.99. The van der Waals surface area contributed by atoms with Crippen molar-refractivity contribution in [1.82, 2.24) is 0 Å². The van der Waals surface area contributed by atoms with Crippen LogP contribution < -0.4 is 10.0 Å². The van der Waals surface area contributed by atoms with E-state index < -0.39 is 0 Å². The van der Waals surface area contributed by atoms with Gasteiger partial charge in [0.25, 0.3) is 0 Å². The van der Waals surface area contributed by atoms with Crippen LogP contribution in [-0.2, 0) is 0 Å². The average molecular weight is 409 g/mol. The number of hydrogen-bond acceptors (Lipinski definition) is 1. The molecule has 29 heavy (non-hydrogen) atoms. The zero-order valence-corrected chi connectivity index (χ0v) is 19.2. The van der Waals surface area contributed by atoms with Crippen molar-refractivity contribution in [1.29, 1.82) is 0 Å². The highest BCUT2D eigenvalue weighted by atomic mass is 31.1. The summed E-state index contributed by atoms with van der Waals surface area (Å²) in [6.45, 7) is 4.25. The summed E-state index contributed by atoms with van der Waals surface area (Å²) in [6, 6.07) is 18.0. The highest BCUT2D eigenvalue weighted by Crippen LogP contribution is 2.56. The van der Waals surface area contributed by atoms with Crippen LogP contribution in [0.3, 0.4) is 0 Å². The molecule has 0 unspecified atom stereocenters. The second-order valence-electron chi connectivity index (χ2n) is 9.17. The van der Waals surface area contributed by atoms with Crippen molar-refractivity contribution < 1.29 is 4.74 Å². The molecule has 2 fully saturated rings. The molecule has 0 spiro atoms. The molecule has 0 N–H and O–H groups in total. The zero-order chi connectivity index (χ0) is 20.1. The molecule has 2 aliphatic rings. The molecule has 0 heterocycles. The summed E-state index contributed by atoms with van der Waals surface area (Å²) < 4.78 is 6.23. The number of para-hydroxylation sites is 1. The molecule has 2 aliphatic carbocycles. The maximum atomic E-state index is 6.23. The lowest BCUT2D eigenvalue weighted by molar-refractivity contribution is 0.243. The highest BCUT2D eigenvalue weighted by Gasteiger charge is 2.33. The van der Waals surface area contributed by atoms with E-state index in [-0.39, 0.29) is 14.0 Å². The summed E-state index contributed by atoms with van der Waals surface area (Å²) in [7, 11) is -0.125. The molecule has 2 heteroatoms. The molecule has 4 rings (SSSR count). The van der Waals surface area contributed by atoms with E-state index in [1.807, 2.05) is 0 Å². The summed E-state index contributed by atoms with van der Waals surface area (Å²) in [5.41, 5.74) is 4.56. The molecule has 156 valence electrons. The first-order valence-electron chi connectivity index (χ1n) is 11.9. The molecular formula is C27H37OP. The van der Waals surface area contributed by atoms with E-state index in [4.69, 9.17) is 4.74 Å². The number of ether oxygens (including phenoxy) is 1. The third kappa shape index (κ3) is 5.05. The summed E-state index contributed by atoms with van der Waals surface area (Å²) in [6.07, 6.45) is 14.6. The van der Waals surface area contributed by atoms with Crippen LogP contribution in [0.5, 0.6) is 5.75 Å². The molecule has 2 saturated carbocycles. The topological polar surface area (TPSA) is 9.23 Å². The van der Waals surface area contributed by atoms with Gasteiger partial charge in [0, 0.05) is 5.56 Å². The quantitative estimate of drug-likeness (QED) is 0.441. The van der Waals surface area contributed by atoms with E-state index in [0.29, 0.717) is 0 Å². The van der Waals surface area contributed by atoms with Gasteiger partial charge in [-0.1, -0.05) is 88.9 Å². The molecule has 0 atom stereocenters. The maximum Gasteiger partial charge on any atom is 0.127 e. The van der Waals surface area contributed by atoms with Gasteiger partial charge in [-0.05, 0) is 67.8 Å². The monoisotopic (exact) mass is 408 g/mol. The Hall–Kier alpha value is -1.33. The summed E-state index contributed by atoms with van der Waals surface area (Å²) in [5.74, 6) is 1.04. The van der Waals surface area contributed by atoms with Crippen molar-refractivity contribution in [3.63, 3.8) is 0 Å². The van der Waals surface area contributed by atoms with Gasteiger partial charge < -0.3 is 4.74 Å². The molecule has 0 aromatic heterocycles. The fourth-order valence-corrected chi connectivity index (χ4v) is 9.34. The third-order valence-corrected chi connectivity index (χ3v) is 10.2. The lowest BCUT2D eigenvalue weighted by Gasteiger charge is -2.39. The molecule has 0 aliphatic heterocycles. The van der Waals surface area contributed by atoms with Crippen LogP contribution in [0.2, 0.25) is 0 Å². The van der Waals surface area contributed by atoms with Gasteiger partial charge >= 0.3 is 0 Å². The smallest absolute Gasteiger partial charge is 0.127 e. The van der Waals surface area contributed by atoms with Crippen molar-refractivity contribution in [2.45, 2.75) is 95.5 Å². The molecule has 1 nitrogen and oxygen atoms in total. The summed E-state index contributed by atoms with van der Waals surface area (Å²) >= 11 is 0. The SMILES string of the molecule is CC(C)Oc1ccccc1-c1ccccc1P(C1CCCCC1)C1CCCCC1. The van der Waals surface area contributed by atoms with Crippen molar-refractivity contribution in [3.05, 3.63) is 48.5 Å². The Morgan fingerprint density at radius 3 is 1.79 bits per heavy atom. The predicted octanol–water partition coefficient (Wildman–Crippen LogP) is 7.91. The highest BCUT2D eigenvalue weighted by molar-refractivity contribution is 7.67. The zero-order valence-electron chi connectivity index (χ0n) is 18.3. The van der Waals surface area contributed by atoms with Crippen LogP contribution in [0.1, 0.15) is 78.1 Å². The normalized spacial score (nSPS) is 19.0. The van der Waals surface area contributed by atoms with Crippen LogP contribution in [-0.4, -0.2) is 17.4 Å². The van der Waals surface area contributed by atoms with Gasteiger partial charge in [-0.3, -0.25) is 0 Å². The van der Waals surface area contributed by atoms with Gasteiger partial charge in [-0.2, -0.15) is 0 Å². The van der Waals surface area contributed by atoms with E-state index >= 15 is 0 Å². The maximum absolute atomic E-state index is 6.23. The molecule has 2 aromatic carbocycles. The first kappa shape index (κ1) is 20.9. The fraction of sp³-hybridized carbons (Fsp3) is 0.556. The second-order valence-corrected chi connectivity index (χ2v) is 11.9. The molecule has 0 saturated heterocycles. The molecule has 0 amide bonds. The summed E-state index contributed by atoms with van der Waals surface area (Å²) in [5, 5.41) is 1.65. The average Bonchev–Trinajstić information content (AvgIpc) is 2.76. The fourth-order valence-electron chi connectivity index (χ4n) is 5.38. The minimum atomic E-state index is -0.125. The minimum Gasteiger partial charge on any atom is -0.490 e.